The molecule has 0 amide bonds. The van der Waals surface area contributed by atoms with Crippen LogP contribution in [-0.4, -0.2) is 4.57 Å². The quantitative estimate of drug-likeness (QED) is 0.127. The lowest BCUT2D eigenvalue weighted by molar-refractivity contribution is 0.660. The van der Waals surface area contributed by atoms with Crippen LogP contribution in [0.15, 0.2) is 479 Å². The standard InChI is InChI=1S/2C45H32.C42H27N/c1-45(2)41-21-10-9-15-34(41)35-27-26-32(28-42(35)45)29-22-24-31(25-23-29)43-37-16-5-7-18-39(37)44(40-19-8-6-17-38(40)43)36-20-11-13-30-12-3-4-14-33(30)36;1-45(2)41-27-31(29-13-4-3-5-14-29)23-25-34(41)35-26-24-32(28-42(35)45)43-37-18-8-10-20-39(37)44(40-21-11-9-19-38(40)43)36-22-12-16-30-15-6-7-17-33(30)36;1-2-14-31-28(12-1)13-11-21-34(31)42-37-19-5-3-17-35(37)41(36-18-4-6-20-38(36)42)29-24-26-30(27-25-29)43-39-22-9-7-15-32(39)33-16-8-10-23-40(33)43/h2*3-28H,1-2H3;1-27H. The van der Waals surface area contributed by atoms with E-state index in [1.54, 1.807) is 0 Å². The van der Waals surface area contributed by atoms with Crippen LogP contribution in [0.3, 0.4) is 0 Å². The van der Waals surface area contributed by atoms with Crippen LogP contribution in [0.4, 0.5) is 0 Å². The molecule has 0 bridgehead atoms. The van der Waals surface area contributed by atoms with Gasteiger partial charge in [0.25, 0.3) is 0 Å². The molecule has 0 spiro atoms. The Bertz CT molecular complexity index is 8810. The topological polar surface area (TPSA) is 4.93 Å². The van der Waals surface area contributed by atoms with Gasteiger partial charge in [-0.1, -0.05) is 464 Å². The average Bonchev–Trinajstić information content (AvgIpc) is 1.71. The number of fused-ring (bicyclic) bond motifs is 18. The van der Waals surface area contributed by atoms with Crippen molar-refractivity contribution in [1.82, 2.24) is 4.57 Å². The normalized spacial score (nSPS) is 12.8. The molecular weight excluding hydrogens is 1600 g/mol. The molecule has 1 nitrogen and oxygen atoms in total. The van der Waals surface area contributed by atoms with Gasteiger partial charge in [0.2, 0.25) is 0 Å². The van der Waals surface area contributed by atoms with Gasteiger partial charge in [-0.05, 0) is 273 Å². The van der Waals surface area contributed by atoms with Gasteiger partial charge in [0.1, 0.15) is 0 Å². The van der Waals surface area contributed by atoms with Crippen LogP contribution in [0, 0.1) is 0 Å². The van der Waals surface area contributed by atoms with Crippen LogP contribution < -0.4 is 0 Å². The summed E-state index contributed by atoms with van der Waals surface area (Å²) in [5.41, 5.74) is 35.0. The lowest BCUT2D eigenvalue weighted by Crippen LogP contribution is -2.15. The van der Waals surface area contributed by atoms with Crippen molar-refractivity contribution in [1.29, 1.82) is 0 Å². The molecule has 1 heteroatoms. The first-order valence-corrected chi connectivity index (χ1v) is 46.6. The zero-order valence-corrected chi connectivity index (χ0v) is 74.6. The van der Waals surface area contributed by atoms with Crippen LogP contribution >= 0.6 is 0 Å². The van der Waals surface area contributed by atoms with E-state index in [1.807, 2.05) is 0 Å². The zero-order valence-electron chi connectivity index (χ0n) is 74.6. The summed E-state index contributed by atoms with van der Waals surface area (Å²) in [4.78, 5) is 0. The molecule has 0 aliphatic heterocycles. The number of nitrogens with zero attached hydrogens (tertiary/aromatic N) is 1. The summed E-state index contributed by atoms with van der Waals surface area (Å²) in [7, 11) is 0. The second-order valence-electron chi connectivity index (χ2n) is 37.0. The summed E-state index contributed by atoms with van der Waals surface area (Å²) < 4.78 is 2.38. The van der Waals surface area contributed by atoms with Gasteiger partial charge in [0.15, 0.2) is 0 Å². The highest BCUT2D eigenvalue weighted by Gasteiger charge is 2.38. The van der Waals surface area contributed by atoms with Crippen LogP contribution in [0.25, 0.3) is 236 Å². The number of hydrogen-bond acceptors (Lipinski definition) is 0. The van der Waals surface area contributed by atoms with Gasteiger partial charge in [0, 0.05) is 27.3 Å². The first-order chi connectivity index (χ1) is 65.6. The molecule has 0 unspecified atom stereocenters. The van der Waals surface area contributed by atoms with Gasteiger partial charge >= 0.3 is 0 Å². The SMILES string of the molecule is CC1(C)c2cc(-c3ccccc3)ccc2-c2ccc(-c3c4ccccc4c(-c4cccc5ccccc45)c4ccccc34)cc21.CC1(C)c2ccccc2-c2ccc(-c3ccc(-c4c5ccccc5c(-c5cccc6ccccc56)c5ccccc45)cc3)cc21.c1ccc2c(-c3c4ccccc4c(-c4ccc(-n5c6ccccc6c6ccccc65)cc4)c4ccccc34)cccc2c1. The summed E-state index contributed by atoms with van der Waals surface area (Å²) >= 11 is 0. The highest BCUT2D eigenvalue weighted by Crippen LogP contribution is 2.56. The van der Waals surface area contributed by atoms with E-state index in [-0.39, 0.29) is 10.8 Å². The van der Waals surface area contributed by atoms with Crippen molar-refractivity contribution < 1.29 is 0 Å². The fourth-order valence-electron chi connectivity index (χ4n) is 22.9. The molecule has 0 radical (unpaired) electrons. The maximum absolute atomic E-state index is 2.48. The van der Waals surface area contributed by atoms with Gasteiger partial charge in [-0.15, -0.1) is 0 Å². The van der Waals surface area contributed by atoms with E-state index in [0.29, 0.717) is 0 Å². The molecule has 27 rings (SSSR count). The highest BCUT2D eigenvalue weighted by molar-refractivity contribution is 6.27. The minimum absolute atomic E-state index is 0.00840. The zero-order chi connectivity index (χ0) is 88.6. The second-order valence-corrected chi connectivity index (χ2v) is 37.0. The molecule has 1 heterocycles. The maximum atomic E-state index is 2.48. The number of benzene rings is 24. The third kappa shape index (κ3) is 12.8. The van der Waals surface area contributed by atoms with E-state index < -0.39 is 0 Å². The Hall–Kier alpha value is -16.6. The maximum Gasteiger partial charge on any atom is 0.0541 e. The van der Waals surface area contributed by atoms with Crippen molar-refractivity contribution in [2.75, 3.05) is 0 Å². The first-order valence-electron chi connectivity index (χ1n) is 46.6. The van der Waals surface area contributed by atoms with Gasteiger partial charge in [-0.3, -0.25) is 0 Å². The van der Waals surface area contributed by atoms with E-state index in [2.05, 4.69) is 512 Å². The summed E-state index contributed by atoms with van der Waals surface area (Å²) in [5.74, 6) is 0. The lowest BCUT2D eigenvalue weighted by atomic mass is 9.80. The van der Waals surface area contributed by atoms with Crippen molar-refractivity contribution in [3.63, 3.8) is 0 Å². The average molecular weight is 1690 g/mol. The monoisotopic (exact) mass is 1690 g/mol. The van der Waals surface area contributed by atoms with Gasteiger partial charge in [-0.2, -0.15) is 0 Å². The van der Waals surface area contributed by atoms with Crippen molar-refractivity contribution in [2.24, 2.45) is 0 Å². The molecule has 24 aromatic carbocycles. The first kappa shape index (κ1) is 78.7. The van der Waals surface area contributed by atoms with Gasteiger partial charge in [0.05, 0.1) is 11.0 Å². The Labute approximate surface area is 774 Å². The van der Waals surface area contributed by atoms with E-state index in [9.17, 15) is 0 Å². The van der Waals surface area contributed by atoms with Crippen molar-refractivity contribution in [3.05, 3.63) is 501 Å². The molecule has 25 aromatic rings. The van der Waals surface area contributed by atoms with E-state index in [1.165, 1.54) is 258 Å². The molecule has 0 saturated carbocycles. The van der Waals surface area contributed by atoms with Crippen molar-refractivity contribution in [3.8, 4) is 117 Å². The predicted molar refractivity (Wildman–Crippen MR) is 570 cm³/mol. The van der Waals surface area contributed by atoms with Gasteiger partial charge in [-0.25, -0.2) is 0 Å². The fourth-order valence-corrected chi connectivity index (χ4v) is 22.9. The van der Waals surface area contributed by atoms with Crippen LogP contribution in [0.5, 0.6) is 0 Å². The van der Waals surface area contributed by atoms with Crippen LogP contribution in [0.1, 0.15) is 49.9 Å². The van der Waals surface area contributed by atoms with Crippen LogP contribution in [-0.2, 0) is 10.8 Å². The number of para-hydroxylation sites is 2. The molecule has 2 aliphatic carbocycles. The molecule has 0 saturated heterocycles. The number of rotatable bonds is 9. The van der Waals surface area contributed by atoms with E-state index in [4.69, 9.17) is 0 Å². The largest absolute Gasteiger partial charge is 0.309 e. The molecule has 2 aliphatic rings. The Morgan fingerprint density at radius 1 is 0.143 bits per heavy atom. The van der Waals surface area contributed by atoms with Crippen molar-refractivity contribution in [2.45, 2.75) is 38.5 Å². The summed E-state index contributed by atoms with van der Waals surface area (Å²) in [6, 6.07) is 176. The summed E-state index contributed by atoms with van der Waals surface area (Å²) in [6.45, 7) is 9.47. The van der Waals surface area contributed by atoms with Gasteiger partial charge < -0.3 is 4.57 Å². The predicted octanol–water partition coefficient (Wildman–Crippen LogP) is 36.5. The lowest BCUT2D eigenvalue weighted by Gasteiger charge is -2.23. The molecule has 133 heavy (non-hydrogen) atoms. The molecule has 0 fully saturated rings. The van der Waals surface area contributed by atoms with E-state index in [0.717, 1.165) is 0 Å². The number of hydrogen-bond donors (Lipinski definition) is 0. The molecular formula is C132H91N. The minimum atomic E-state index is -0.111. The molecule has 0 N–H and O–H groups in total. The molecule has 1 aromatic heterocycles. The highest BCUT2D eigenvalue weighted by atomic mass is 15.0. The summed E-state index contributed by atoms with van der Waals surface area (Å²) in [6.07, 6.45) is 0. The number of aromatic nitrogens is 1. The smallest absolute Gasteiger partial charge is 0.0541 e. The molecule has 624 valence electrons. The van der Waals surface area contributed by atoms with Crippen molar-refractivity contribution >= 4 is 119 Å². The Kier molecular flexibility index (Phi) is 18.7. The Morgan fingerprint density at radius 3 is 0.752 bits per heavy atom. The molecule has 0 atom stereocenters. The second kappa shape index (κ2) is 31.7. The third-order valence-electron chi connectivity index (χ3n) is 29.1. The Morgan fingerprint density at radius 2 is 0.376 bits per heavy atom. The summed E-state index contributed by atoms with van der Waals surface area (Å²) in [5, 5.41) is 25.6. The van der Waals surface area contributed by atoms with Crippen LogP contribution in [0.2, 0.25) is 0 Å². The fraction of sp³-hybridized carbons (Fsp3) is 0.0455. The Balaban J connectivity index is 0.000000107. The third-order valence-corrected chi connectivity index (χ3v) is 29.1. The van der Waals surface area contributed by atoms with E-state index >= 15 is 0 Å². The minimum Gasteiger partial charge on any atom is -0.309 e.